The summed E-state index contributed by atoms with van der Waals surface area (Å²) >= 11 is 0. The van der Waals surface area contributed by atoms with Crippen molar-refractivity contribution in [1.29, 1.82) is 0 Å². The molecule has 1 saturated carbocycles. The van der Waals surface area contributed by atoms with E-state index in [1.54, 1.807) is 5.56 Å². The summed E-state index contributed by atoms with van der Waals surface area (Å²) in [5.74, 6) is 4.69. The van der Waals surface area contributed by atoms with Gasteiger partial charge in [0.2, 0.25) is 11.2 Å². The first-order chi connectivity index (χ1) is 24.3. The fraction of sp³-hybridized carbons (Fsp3) is 0.531. The molecule has 1 aliphatic heterocycles. The molecule has 0 N–H and O–H groups in total. The molecule has 0 saturated heterocycles. The van der Waals surface area contributed by atoms with E-state index < -0.39 is 0 Å². The Morgan fingerprint density at radius 3 is 2.10 bits per heavy atom. The summed E-state index contributed by atoms with van der Waals surface area (Å²) in [5, 5.41) is 2.64. The van der Waals surface area contributed by atoms with Crippen molar-refractivity contribution < 1.29 is 8.98 Å². The molecule has 2 aromatic heterocycles. The standard InChI is InChI=1S/C49H62NO/c1-13-16-17-32-19-21-34-39(27-32)51-46-35-22-23-36-41(44(35)47(11,12)45(34)46)38-25-20-33-26-31(10)18-24-37(33)50(38)48(14-2,15-3)49(36)42(29(6)7)40(28(4)5)43(49)30(8)9/h18-30,40,42-43H,13-17H2,1-12H3/q+1. The van der Waals surface area contributed by atoms with E-state index in [2.05, 4.69) is 148 Å². The molecule has 2 heteroatoms. The summed E-state index contributed by atoms with van der Waals surface area (Å²) in [6.07, 6.45) is 5.74. The number of hydrogen-bond donors (Lipinski definition) is 0. The molecule has 2 aliphatic carbocycles. The lowest BCUT2D eigenvalue weighted by molar-refractivity contribution is -0.757. The Hall–Kier alpha value is -3.39. The number of rotatable bonds is 8. The van der Waals surface area contributed by atoms with Gasteiger partial charge in [-0.05, 0) is 90.2 Å². The van der Waals surface area contributed by atoms with Gasteiger partial charge in [-0.25, -0.2) is 0 Å². The highest BCUT2D eigenvalue weighted by Crippen LogP contribution is 2.74. The summed E-state index contributed by atoms with van der Waals surface area (Å²) in [6, 6.07) is 24.3. The number of hydrogen-bond acceptors (Lipinski definition) is 1. The second kappa shape index (κ2) is 11.8. The van der Waals surface area contributed by atoms with Crippen LogP contribution < -0.4 is 4.57 Å². The quantitative estimate of drug-likeness (QED) is 0.149. The molecule has 0 bridgehead atoms. The van der Waals surface area contributed by atoms with Crippen molar-refractivity contribution in [1.82, 2.24) is 0 Å². The highest BCUT2D eigenvalue weighted by atomic mass is 16.3. The van der Waals surface area contributed by atoms with Gasteiger partial charge in [0, 0.05) is 52.3 Å². The van der Waals surface area contributed by atoms with Crippen LogP contribution in [0.1, 0.15) is 130 Å². The molecule has 3 heterocycles. The van der Waals surface area contributed by atoms with Gasteiger partial charge < -0.3 is 4.42 Å². The molecular weight excluding hydrogens is 619 g/mol. The van der Waals surface area contributed by atoms with Crippen LogP contribution in [-0.4, -0.2) is 0 Å². The van der Waals surface area contributed by atoms with E-state index in [-0.39, 0.29) is 16.4 Å². The Labute approximate surface area is 308 Å². The summed E-state index contributed by atoms with van der Waals surface area (Å²) < 4.78 is 9.91. The van der Waals surface area contributed by atoms with Crippen molar-refractivity contribution in [2.45, 2.75) is 132 Å². The smallest absolute Gasteiger partial charge is 0.214 e. The van der Waals surface area contributed by atoms with Crippen LogP contribution in [0.3, 0.4) is 0 Å². The third kappa shape index (κ3) is 4.26. The van der Waals surface area contributed by atoms with Crippen molar-refractivity contribution in [2.24, 2.45) is 35.5 Å². The Morgan fingerprint density at radius 2 is 1.47 bits per heavy atom. The molecule has 0 amide bonds. The second-order valence-electron chi connectivity index (χ2n) is 18.4. The van der Waals surface area contributed by atoms with E-state index in [4.69, 9.17) is 4.42 Å². The number of aryl methyl sites for hydroxylation is 2. The maximum atomic E-state index is 6.99. The predicted octanol–water partition coefficient (Wildman–Crippen LogP) is 13.1. The molecule has 5 aromatic rings. The van der Waals surface area contributed by atoms with Gasteiger partial charge in [-0.3, -0.25) is 0 Å². The van der Waals surface area contributed by atoms with Gasteiger partial charge in [-0.2, -0.15) is 4.57 Å². The van der Waals surface area contributed by atoms with Crippen molar-refractivity contribution in [3.63, 3.8) is 0 Å². The number of pyridine rings is 1. The van der Waals surface area contributed by atoms with E-state index >= 15 is 0 Å². The summed E-state index contributed by atoms with van der Waals surface area (Å²) in [7, 11) is 0. The number of aromatic nitrogens is 1. The normalized spacial score (nSPS) is 24.0. The Morgan fingerprint density at radius 1 is 0.765 bits per heavy atom. The summed E-state index contributed by atoms with van der Waals surface area (Å²) in [5.41, 5.74) is 13.5. The summed E-state index contributed by atoms with van der Waals surface area (Å²) in [4.78, 5) is 0. The van der Waals surface area contributed by atoms with Crippen molar-refractivity contribution in [3.8, 4) is 22.6 Å². The van der Waals surface area contributed by atoms with Crippen molar-refractivity contribution in [2.75, 3.05) is 0 Å². The SMILES string of the molecule is CCCCc1ccc2c3c(oc2c1)-c1ccc2c(c1C3(C)C)-c1ccc3cc(C)ccc3[n+]1C(CC)(CC)C21C(C(C)C)C(C(C)C)C1C(C)C. The fourth-order valence-electron chi connectivity index (χ4n) is 13.0. The zero-order valence-corrected chi connectivity index (χ0v) is 33.6. The second-order valence-corrected chi connectivity index (χ2v) is 18.4. The van der Waals surface area contributed by atoms with E-state index in [9.17, 15) is 0 Å². The third-order valence-corrected chi connectivity index (χ3v) is 14.5. The lowest BCUT2D eigenvalue weighted by Gasteiger charge is -2.71. The van der Waals surface area contributed by atoms with Crippen LogP contribution in [0.25, 0.3) is 44.5 Å². The monoisotopic (exact) mass is 680 g/mol. The number of benzene rings is 3. The molecule has 3 aliphatic rings. The molecular formula is C49H62NO+. The summed E-state index contributed by atoms with van der Waals surface area (Å²) in [6.45, 7) is 29.6. The fourth-order valence-corrected chi connectivity index (χ4v) is 13.0. The Kier molecular flexibility index (Phi) is 8.03. The zero-order valence-electron chi connectivity index (χ0n) is 33.6. The average Bonchev–Trinajstić information content (AvgIpc) is 3.57. The molecule has 3 aromatic carbocycles. The van der Waals surface area contributed by atoms with E-state index in [0.29, 0.717) is 35.5 Å². The lowest BCUT2D eigenvalue weighted by Crippen LogP contribution is -2.82. The average molecular weight is 681 g/mol. The molecule has 8 rings (SSSR count). The molecule has 0 radical (unpaired) electrons. The number of nitrogens with zero attached hydrogens (tertiary/aromatic N) is 1. The lowest BCUT2D eigenvalue weighted by atomic mass is 9.31. The van der Waals surface area contributed by atoms with E-state index in [0.717, 1.165) is 30.6 Å². The minimum atomic E-state index is -0.215. The van der Waals surface area contributed by atoms with Crippen molar-refractivity contribution in [3.05, 3.63) is 88.5 Å². The number of unbranched alkanes of at least 4 members (excludes halogenated alkanes) is 1. The number of fused-ring (bicyclic) bond motifs is 12. The highest BCUT2D eigenvalue weighted by Gasteiger charge is 2.77. The van der Waals surface area contributed by atoms with Gasteiger partial charge in [-0.15, -0.1) is 0 Å². The van der Waals surface area contributed by atoms with Crippen LogP contribution in [-0.2, 0) is 22.8 Å². The van der Waals surface area contributed by atoms with Gasteiger partial charge in [0.15, 0.2) is 5.54 Å². The zero-order chi connectivity index (χ0) is 36.4. The van der Waals surface area contributed by atoms with Gasteiger partial charge in [0.1, 0.15) is 11.3 Å². The minimum absolute atomic E-state index is 0.00890. The largest absolute Gasteiger partial charge is 0.456 e. The van der Waals surface area contributed by atoms with E-state index in [1.165, 1.54) is 68.2 Å². The van der Waals surface area contributed by atoms with Crippen LogP contribution in [0.2, 0.25) is 0 Å². The molecule has 1 spiro atoms. The van der Waals surface area contributed by atoms with Crippen LogP contribution in [0.5, 0.6) is 0 Å². The first-order valence-corrected chi connectivity index (χ1v) is 20.5. The molecule has 2 unspecified atom stereocenters. The number of furan rings is 1. The maximum absolute atomic E-state index is 6.99. The first kappa shape index (κ1) is 34.7. The van der Waals surface area contributed by atoms with Gasteiger partial charge in [0.25, 0.3) is 0 Å². The van der Waals surface area contributed by atoms with Crippen LogP contribution in [0.15, 0.2) is 65.1 Å². The van der Waals surface area contributed by atoms with Crippen LogP contribution in [0.4, 0.5) is 0 Å². The first-order valence-electron chi connectivity index (χ1n) is 20.5. The Balaban J connectivity index is 1.52. The molecule has 51 heavy (non-hydrogen) atoms. The molecule has 268 valence electrons. The molecule has 2 atom stereocenters. The molecule has 1 fully saturated rings. The van der Waals surface area contributed by atoms with Crippen molar-refractivity contribution >= 4 is 21.9 Å². The maximum Gasteiger partial charge on any atom is 0.214 e. The van der Waals surface area contributed by atoms with Gasteiger partial charge >= 0.3 is 0 Å². The van der Waals surface area contributed by atoms with E-state index in [1.807, 2.05) is 0 Å². The highest BCUT2D eigenvalue weighted by molar-refractivity contribution is 5.98. The van der Waals surface area contributed by atoms with Crippen LogP contribution >= 0.6 is 0 Å². The Bertz CT molecular complexity index is 2150. The molecule has 2 nitrogen and oxygen atoms in total. The minimum Gasteiger partial charge on any atom is -0.456 e. The third-order valence-electron chi connectivity index (χ3n) is 14.5. The van der Waals surface area contributed by atoms with Gasteiger partial charge in [0.05, 0.1) is 11.0 Å². The van der Waals surface area contributed by atoms with Crippen LogP contribution in [0, 0.1) is 42.4 Å². The van der Waals surface area contributed by atoms with Gasteiger partial charge in [-0.1, -0.05) is 118 Å². The topological polar surface area (TPSA) is 17.0 Å². The predicted molar refractivity (Wildman–Crippen MR) is 215 cm³/mol.